The molecule has 26 heavy (non-hydrogen) atoms. The SMILES string of the molecule is CCN(C)C(=O)C1CCN(C(=O)Nc2ccc(OC(F)(F)F)nc2)CC1. The Kier molecular flexibility index (Phi) is 6.27. The Morgan fingerprint density at radius 3 is 2.50 bits per heavy atom. The van der Waals surface area contributed by atoms with Crippen LogP contribution in [-0.2, 0) is 4.79 Å². The quantitative estimate of drug-likeness (QED) is 0.879. The molecule has 1 aromatic rings. The molecule has 2 heterocycles. The van der Waals surface area contributed by atoms with Crippen molar-refractivity contribution in [2.24, 2.45) is 5.92 Å². The summed E-state index contributed by atoms with van der Waals surface area (Å²) < 4.78 is 39.9. The Morgan fingerprint density at radius 1 is 1.35 bits per heavy atom. The summed E-state index contributed by atoms with van der Waals surface area (Å²) in [6.45, 7) is 3.41. The number of hydrogen-bond donors (Lipinski definition) is 1. The van der Waals surface area contributed by atoms with Crippen LogP contribution in [0.25, 0.3) is 0 Å². The van der Waals surface area contributed by atoms with Crippen LogP contribution in [0.5, 0.6) is 5.88 Å². The number of pyridine rings is 1. The first kappa shape index (κ1) is 19.8. The minimum atomic E-state index is -4.81. The van der Waals surface area contributed by atoms with Gasteiger partial charge in [0.2, 0.25) is 11.8 Å². The minimum Gasteiger partial charge on any atom is -0.388 e. The number of urea groups is 1. The maximum Gasteiger partial charge on any atom is 0.574 e. The first-order chi connectivity index (χ1) is 12.2. The van der Waals surface area contributed by atoms with Crippen LogP contribution in [0.4, 0.5) is 23.7 Å². The fourth-order valence-corrected chi connectivity index (χ4v) is 2.63. The Morgan fingerprint density at radius 2 is 2.00 bits per heavy atom. The van der Waals surface area contributed by atoms with Gasteiger partial charge in [0.25, 0.3) is 0 Å². The Bertz CT molecular complexity index is 629. The highest BCUT2D eigenvalue weighted by molar-refractivity contribution is 5.89. The van der Waals surface area contributed by atoms with Crippen molar-refractivity contribution < 1.29 is 27.5 Å². The summed E-state index contributed by atoms with van der Waals surface area (Å²) in [5.74, 6) is -0.614. The average Bonchev–Trinajstić information content (AvgIpc) is 2.61. The predicted octanol–water partition coefficient (Wildman–Crippen LogP) is 2.70. The third-order valence-electron chi connectivity index (χ3n) is 4.19. The molecule has 2 rings (SSSR count). The van der Waals surface area contributed by atoms with Crippen molar-refractivity contribution in [3.05, 3.63) is 18.3 Å². The van der Waals surface area contributed by atoms with Gasteiger partial charge in [-0.3, -0.25) is 4.79 Å². The van der Waals surface area contributed by atoms with Crippen LogP contribution in [0.2, 0.25) is 0 Å². The highest BCUT2D eigenvalue weighted by Crippen LogP contribution is 2.23. The molecule has 0 unspecified atom stereocenters. The van der Waals surface area contributed by atoms with Crippen LogP contribution in [0.1, 0.15) is 19.8 Å². The standard InChI is InChI=1S/C16H21F3N4O3/c1-3-22(2)14(24)11-6-8-23(9-7-11)15(25)21-12-4-5-13(20-10-12)26-16(17,18)19/h4-5,10-11H,3,6-9H2,1-2H3,(H,21,25). The summed E-state index contributed by atoms with van der Waals surface area (Å²) in [5.41, 5.74) is 0.258. The molecule has 144 valence electrons. The number of carbonyl (C=O) groups excluding carboxylic acids is 2. The van der Waals surface area contributed by atoms with Crippen LogP contribution >= 0.6 is 0 Å². The lowest BCUT2D eigenvalue weighted by atomic mass is 9.95. The molecular weight excluding hydrogens is 353 g/mol. The third kappa shape index (κ3) is 5.50. The van der Waals surface area contributed by atoms with Gasteiger partial charge < -0.3 is 19.9 Å². The van der Waals surface area contributed by atoms with Gasteiger partial charge >= 0.3 is 12.4 Å². The average molecular weight is 374 g/mol. The predicted molar refractivity (Wildman–Crippen MR) is 87.5 cm³/mol. The highest BCUT2D eigenvalue weighted by Gasteiger charge is 2.32. The number of likely N-dealkylation sites (tertiary alicyclic amines) is 1. The van der Waals surface area contributed by atoms with Crippen molar-refractivity contribution in [3.63, 3.8) is 0 Å². The molecule has 3 amide bonds. The summed E-state index contributed by atoms with van der Waals surface area (Å²) in [5, 5.41) is 2.57. The number of aromatic nitrogens is 1. The van der Waals surface area contributed by atoms with E-state index < -0.39 is 12.2 Å². The molecule has 1 N–H and O–H groups in total. The molecule has 0 radical (unpaired) electrons. The number of nitrogens with one attached hydrogen (secondary N) is 1. The van der Waals surface area contributed by atoms with E-state index in [1.807, 2.05) is 6.92 Å². The summed E-state index contributed by atoms with van der Waals surface area (Å²) in [7, 11) is 1.75. The van der Waals surface area contributed by atoms with Gasteiger partial charge in [-0.25, -0.2) is 9.78 Å². The topological polar surface area (TPSA) is 74.8 Å². The molecule has 0 bridgehead atoms. The van der Waals surface area contributed by atoms with Crippen molar-refractivity contribution >= 4 is 17.6 Å². The number of nitrogens with zero attached hydrogens (tertiary/aromatic N) is 3. The zero-order chi connectivity index (χ0) is 19.3. The number of hydrogen-bond acceptors (Lipinski definition) is 4. The zero-order valence-corrected chi connectivity index (χ0v) is 14.5. The van der Waals surface area contributed by atoms with Gasteiger partial charge in [-0.15, -0.1) is 13.2 Å². The molecule has 1 saturated heterocycles. The van der Waals surface area contributed by atoms with Gasteiger partial charge in [0.15, 0.2) is 0 Å². The first-order valence-corrected chi connectivity index (χ1v) is 8.22. The van der Waals surface area contributed by atoms with E-state index in [1.54, 1.807) is 16.8 Å². The van der Waals surface area contributed by atoms with Gasteiger partial charge in [-0.05, 0) is 25.8 Å². The third-order valence-corrected chi connectivity index (χ3v) is 4.19. The summed E-state index contributed by atoms with van der Waals surface area (Å²) in [6, 6.07) is 1.92. The number of rotatable bonds is 4. The van der Waals surface area contributed by atoms with E-state index in [1.165, 1.54) is 6.07 Å². The smallest absolute Gasteiger partial charge is 0.388 e. The first-order valence-electron chi connectivity index (χ1n) is 8.22. The fourth-order valence-electron chi connectivity index (χ4n) is 2.63. The number of anilines is 1. The number of alkyl halides is 3. The minimum absolute atomic E-state index is 0.0806. The number of carbonyl (C=O) groups is 2. The molecule has 0 saturated carbocycles. The molecule has 0 aromatic carbocycles. The summed E-state index contributed by atoms with van der Waals surface area (Å²) in [4.78, 5) is 31.1. The normalized spacial score (nSPS) is 15.5. The van der Waals surface area contributed by atoms with Gasteiger partial charge in [0.1, 0.15) is 0 Å². The highest BCUT2D eigenvalue weighted by atomic mass is 19.4. The summed E-state index contributed by atoms with van der Waals surface area (Å²) >= 11 is 0. The lowest BCUT2D eigenvalue weighted by Gasteiger charge is -2.33. The molecule has 1 aliphatic rings. The molecule has 7 nitrogen and oxygen atoms in total. The van der Waals surface area contributed by atoms with Crippen molar-refractivity contribution in [2.45, 2.75) is 26.1 Å². The molecule has 10 heteroatoms. The Labute approximate surface area is 149 Å². The van der Waals surface area contributed by atoms with Gasteiger partial charge in [0.05, 0.1) is 11.9 Å². The number of amides is 3. The van der Waals surface area contributed by atoms with E-state index in [9.17, 15) is 22.8 Å². The second-order valence-corrected chi connectivity index (χ2v) is 5.98. The van der Waals surface area contributed by atoms with Crippen LogP contribution < -0.4 is 10.1 Å². The van der Waals surface area contributed by atoms with E-state index in [2.05, 4.69) is 15.0 Å². The maximum absolute atomic E-state index is 12.2. The Balaban J connectivity index is 1.84. The number of halogens is 3. The van der Waals surface area contributed by atoms with Gasteiger partial charge in [0, 0.05) is 38.7 Å². The van der Waals surface area contributed by atoms with E-state index in [0.29, 0.717) is 32.5 Å². The van der Waals surface area contributed by atoms with Crippen molar-refractivity contribution in [1.82, 2.24) is 14.8 Å². The number of piperidine rings is 1. The van der Waals surface area contributed by atoms with Crippen LogP contribution in [-0.4, -0.2) is 59.8 Å². The fraction of sp³-hybridized carbons (Fsp3) is 0.562. The van der Waals surface area contributed by atoms with Crippen LogP contribution in [0.3, 0.4) is 0 Å². The lowest BCUT2D eigenvalue weighted by Crippen LogP contribution is -2.44. The van der Waals surface area contributed by atoms with Crippen LogP contribution in [0, 0.1) is 5.92 Å². The van der Waals surface area contributed by atoms with Gasteiger partial charge in [-0.2, -0.15) is 0 Å². The van der Waals surface area contributed by atoms with E-state index in [4.69, 9.17) is 0 Å². The van der Waals surface area contributed by atoms with Crippen molar-refractivity contribution in [2.75, 3.05) is 32.0 Å². The molecular formula is C16H21F3N4O3. The molecule has 1 fully saturated rings. The zero-order valence-electron chi connectivity index (χ0n) is 14.5. The van der Waals surface area contributed by atoms with Crippen molar-refractivity contribution in [1.29, 1.82) is 0 Å². The van der Waals surface area contributed by atoms with E-state index in [-0.39, 0.29) is 23.5 Å². The van der Waals surface area contributed by atoms with Crippen molar-refractivity contribution in [3.8, 4) is 5.88 Å². The molecule has 0 atom stereocenters. The second kappa shape index (κ2) is 8.24. The lowest BCUT2D eigenvalue weighted by molar-refractivity contribution is -0.276. The molecule has 0 aliphatic carbocycles. The maximum atomic E-state index is 12.2. The van der Waals surface area contributed by atoms with Crippen LogP contribution in [0.15, 0.2) is 18.3 Å². The van der Waals surface area contributed by atoms with Gasteiger partial charge in [-0.1, -0.05) is 0 Å². The summed E-state index contributed by atoms with van der Waals surface area (Å²) in [6.07, 6.45) is -2.57. The monoisotopic (exact) mass is 374 g/mol. The Hall–Kier alpha value is -2.52. The molecule has 1 aliphatic heterocycles. The van der Waals surface area contributed by atoms with E-state index >= 15 is 0 Å². The van der Waals surface area contributed by atoms with E-state index in [0.717, 1.165) is 12.3 Å². The number of ether oxygens (including phenoxy) is 1. The second-order valence-electron chi connectivity index (χ2n) is 5.98. The molecule has 1 aromatic heterocycles. The largest absolute Gasteiger partial charge is 0.574 e. The molecule has 0 spiro atoms.